The quantitative estimate of drug-likeness (QED) is 0.814. The number of benzene rings is 2. The summed E-state index contributed by atoms with van der Waals surface area (Å²) >= 11 is 0. The largest absolute Gasteiger partial charge is 0.355 e. The minimum Gasteiger partial charge on any atom is -0.355 e. The molecule has 0 bridgehead atoms. The van der Waals surface area contributed by atoms with E-state index in [0.717, 1.165) is 25.1 Å². The number of nitrogens with zero attached hydrogens (tertiary/aromatic N) is 2. The van der Waals surface area contributed by atoms with Gasteiger partial charge in [-0.2, -0.15) is 0 Å². The van der Waals surface area contributed by atoms with Gasteiger partial charge < -0.3 is 15.1 Å². The number of anilines is 1. The number of rotatable bonds is 6. The number of carbonyl (C=O) groups excluding carboxylic acids is 1. The molecule has 1 N–H and O–H groups in total. The average Bonchev–Trinajstić information content (AvgIpc) is 3.05. The predicted molar refractivity (Wildman–Crippen MR) is 113 cm³/mol. The molecule has 142 valence electrons. The third kappa shape index (κ3) is 4.70. The van der Waals surface area contributed by atoms with Crippen LogP contribution in [-0.4, -0.2) is 44.5 Å². The maximum absolute atomic E-state index is 13.2. The van der Waals surface area contributed by atoms with Crippen molar-refractivity contribution in [3.63, 3.8) is 0 Å². The fraction of sp³-hybridized carbons (Fsp3) is 0.350. The standard InChI is InChI=1S/C20H25N3O.2ClH/c1-21-13-15-22(2)20(24)19(17-9-4-3-5-10-17)23-14-12-16-8-6-7-11-18(16)23;;/h3-11,19,21H,12-15H2,1-2H3;2*1H. The Kier molecular flexibility index (Phi) is 8.93. The molecule has 6 heteroatoms. The molecule has 0 saturated carbocycles. The molecule has 0 spiro atoms. The first-order chi connectivity index (χ1) is 11.7. The molecular weight excluding hydrogens is 369 g/mol. The third-order valence-electron chi connectivity index (χ3n) is 4.66. The highest BCUT2D eigenvalue weighted by atomic mass is 35.5. The van der Waals surface area contributed by atoms with Gasteiger partial charge in [-0.1, -0.05) is 48.5 Å². The van der Waals surface area contributed by atoms with Crippen molar-refractivity contribution in [2.75, 3.05) is 38.6 Å². The molecule has 2 aromatic carbocycles. The Balaban J connectivity index is 0.00000169. The minimum absolute atomic E-state index is 0. The Hall–Kier alpha value is -1.75. The molecule has 1 aliphatic heterocycles. The topological polar surface area (TPSA) is 35.6 Å². The van der Waals surface area contributed by atoms with Gasteiger partial charge in [-0.25, -0.2) is 0 Å². The van der Waals surface area contributed by atoms with E-state index in [1.807, 2.05) is 37.2 Å². The number of likely N-dealkylation sites (N-methyl/N-ethyl adjacent to an activating group) is 2. The highest BCUT2D eigenvalue weighted by Gasteiger charge is 2.33. The van der Waals surface area contributed by atoms with Crippen LogP contribution in [0.2, 0.25) is 0 Å². The molecule has 0 aromatic heterocycles. The van der Waals surface area contributed by atoms with Crippen LogP contribution in [-0.2, 0) is 11.2 Å². The summed E-state index contributed by atoms with van der Waals surface area (Å²) in [4.78, 5) is 17.3. The van der Waals surface area contributed by atoms with Crippen molar-refractivity contribution in [2.45, 2.75) is 12.5 Å². The van der Waals surface area contributed by atoms with Gasteiger partial charge in [0.25, 0.3) is 0 Å². The van der Waals surface area contributed by atoms with Gasteiger partial charge in [-0.05, 0) is 30.7 Å². The Morgan fingerprint density at radius 3 is 2.46 bits per heavy atom. The van der Waals surface area contributed by atoms with Crippen molar-refractivity contribution in [3.8, 4) is 0 Å². The molecule has 0 aliphatic carbocycles. The smallest absolute Gasteiger partial charge is 0.249 e. The Bertz CT molecular complexity index is 696. The van der Waals surface area contributed by atoms with Crippen molar-refractivity contribution in [1.29, 1.82) is 0 Å². The van der Waals surface area contributed by atoms with Gasteiger partial charge in [0, 0.05) is 32.4 Å². The van der Waals surface area contributed by atoms with Gasteiger partial charge >= 0.3 is 0 Å². The Morgan fingerprint density at radius 1 is 1.12 bits per heavy atom. The summed E-state index contributed by atoms with van der Waals surface area (Å²) < 4.78 is 0. The molecule has 1 aliphatic rings. The zero-order valence-electron chi connectivity index (χ0n) is 15.2. The number of carbonyl (C=O) groups is 1. The summed E-state index contributed by atoms with van der Waals surface area (Å²) in [6, 6.07) is 18.2. The summed E-state index contributed by atoms with van der Waals surface area (Å²) in [5.74, 6) is 0.146. The van der Waals surface area contributed by atoms with Crippen molar-refractivity contribution >= 4 is 36.4 Å². The van der Waals surface area contributed by atoms with E-state index in [2.05, 4.69) is 46.6 Å². The predicted octanol–water partition coefficient (Wildman–Crippen LogP) is 3.31. The van der Waals surface area contributed by atoms with Gasteiger partial charge in [0.05, 0.1) is 0 Å². The second kappa shape index (κ2) is 10.4. The fourth-order valence-corrected chi connectivity index (χ4v) is 3.32. The van der Waals surface area contributed by atoms with Crippen LogP contribution in [0.5, 0.6) is 0 Å². The first-order valence-electron chi connectivity index (χ1n) is 8.51. The van der Waals surface area contributed by atoms with Crippen LogP contribution >= 0.6 is 24.8 Å². The highest BCUT2D eigenvalue weighted by Crippen LogP contribution is 2.35. The van der Waals surface area contributed by atoms with E-state index in [-0.39, 0.29) is 36.8 Å². The van der Waals surface area contributed by atoms with E-state index >= 15 is 0 Å². The van der Waals surface area contributed by atoms with Crippen LogP contribution in [0.3, 0.4) is 0 Å². The molecule has 1 unspecified atom stereocenters. The van der Waals surface area contributed by atoms with E-state index < -0.39 is 0 Å². The van der Waals surface area contributed by atoms with E-state index in [1.165, 1.54) is 11.3 Å². The molecule has 2 aromatic rings. The fourth-order valence-electron chi connectivity index (χ4n) is 3.32. The monoisotopic (exact) mass is 395 g/mol. The summed E-state index contributed by atoms with van der Waals surface area (Å²) in [6.07, 6.45) is 0.993. The van der Waals surface area contributed by atoms with E-state index in [1.54, 1.807) is 0 Å². The van der Waals surface area contributed by atoms with Gasteiger partial charge in [-0.15, -0.1) is 24.8 Å². The average molecular weight is 396 g/mol. The SMILES string of the molecule is CNCCN(C)C(=O)C(c1ccccc1)N1CCc2ccccc21.Cl.Cl. The van der Waals surface area contributed by atoms with Crippen LogP contribution in [0.1, 0.15) is 17.2 Å². The van der Waals surface area contributed by atoms with Crippen molar-refractivity contribution in [2.24, 2.45) is 0 Å². The van der Waals surface area contributed by atoms with Crippen LogP contribution < -0.4 is 10.2 Å². The van der Waals surface area contributed by atoms with Crippen molar-refractivity contribution < 1.29 is 4.79 Å². The van der Waals surface area contributed by atoms with E-state index in [0.29, 0.717) is 6.54 Å². The van der Waals surface area contributed by atoms with Gasteiger partial charge in [0.15, 0.2) is 0 Å². The molecule has 1 atom stereocenters. The molecule has 0 radical (unpaired) electrons. The summed E-state index contributed by atoms with van der Waals surface area (Å²) in [5, 5.41) is 3.11. The van der Waals surface area contributed by atoms with Crippen LogP contribution in [0, 0.1) is 0 Å². The molecule has 1 amide bonds. The van der Waals surface area contributed by atoms with Crippen molar-refractivity contribution in [1.82, 2.24) is 10.2 Å². The lowest BCUT2D eigenvalue weighted by atomic mass is 10.0. The lowest BCUT2D eigenvalue weighted by Crippen LogP contribution is -2.43. The zero-order chi connectivity index (χ0) is 16.9. The molecule has 26 heavy (non-hydrogen) atoms. The van der Waals surface area contributed by atoms with Crippen LogP contribution in [0.4, 0.5) is 5.69 Å². The molecule has 0 saturated heterocycles. The van der Waals surface area contributed by atoms with Gasteiger partial charge in [0.2, 0.25) is 5.91 Å². The second-order valence-electron chi connectivity index (χ2n) is 6.25. The lowest BCUT2D eigenvalue weighted by Gasteiger charge is -2.33. The van der Waals surface area contributed by atoms with Crippen LogP contribution in [0.15, 0.2) is 54.6 Å². The number of hydrogen-bond acceptors (Lipinski definition) is 3. The number of para-hydroxylation sites is 1. The molecule has 3 rings (SSSR count). The summed E-state index contributed by atoms with van der Waals surface area (Å²) in [6.45, 7) is 2.37. The molecule has 0 fully saturated rings. The lowest BCUT2D eigenvalue weighted by molar-refractivity contribution is -0.131. The number of nitrogens with one attached hydrogen (secondary N) is 1. The number of halogens is 2. The van der Waals surface area contributed by atoms with Gasteiger partial charge in [0.1, 0.15) is 6.04 Å². The number of amides is 1. The normalized spacial score (nSPS) is 13.2. The minimum atomic E-state index is -0.267. The molecule has 4 nitrogen and oxygen atoms in total. The molecule has 1 heterocycles. The van der Waals surface area contributed by atoms with E-state index in [4.69, 9.17) is 0 Å². The maximum Gasteiger partial charge on any atom is 0.249 e. The number of hydrogen-bond donors (Lipinski definition) is 1. The van der Waals surface area contributed by atoms with Crippen molar-refractivity contribution in [3.05, 3.63) is 65.7 Å². The Morgan fingerprint density at radius 2 is 1.77 bits per heavy atom. The highest BCUT2D eigenvalue weighted by molar-refractivity contribution is 5.87. The van der Waals surface area contributed by atoms with Crippen LogP contribution in [0.25, 0.3) is 0 Å². The Labute approximate surface area is 168 Å². The molecular formula is C20H27Cl2N3O. The maximum atomic E-state index is 13.2. The zero-order valence-corrected chi connectivity index (χ0v) is 16.9. The second-order valence-corrected chi connectivity index (χ2v) is 6.25. The summed E-state index contributed by atoms with van der Waals surface area (Å²) in [7, 11) is 3.79. The summed E-state index contributed by atoms with van der Waals surface area (Å²) in [5.41, 5.74) is 3.56. The number of fused-ring (bicyclic) bond motifs is 1. The van der Waals surface area contributed by atoms with E-state index in [9.17, 15) is 4.79 Å². The van der Waals surface area contributed by atoms with Gasteiger partial charge in [-0.3, -0.25) is 4.79 Å². The first kappa shape index (κ1) is 22.3. The first-order valence-corrected chi connectivity index (χ1v) is 8.51. The third-order valence-corrected chi connectivity index (χ3v) is 4.66.